The lowest BCUT2D eigenvalue weighted by atomic mass is 9.98. The predicted molar refractivity (Wildman–Crippen MR) is 95.6 cm³/mol. The fourth-order valence-corrected chi connectivity index (χ4v) is 3.04. The molecule has 3 rings (SSSR count). The van der Waals surface area contributed by atoms with E-state index in [0.29, 0.717) is 36.6 Å². The SMILES string of the molecule is CCOc1ccc(CC(=O)N2CCC(=O)c3cccc(OC)c32)cc1. The fraction of sp³-hybridized carbons (Fsp3) is 0.300. The predicted octanol–water partition coefficient (Wildman–Crippen LogP) is 3.26. The Kier molecular flexibility index (Phi) is 5.03. The monoisotopic (exact) mass is 339 g/mol. The molecule has 5 heteroatoms. The Labute approximate surface area is 147 Å². The number of hydrogen-bond acceptors (Lipinski definition) is 4. The first-order valence-corrected chi connectivity index (χ1v) is 8.36. The minimum Gasteiger partial charge on any atom is -0.495 e. The summed E-state index contributed by atoms with van der Waals surface area (Å²) in [7, 11) is 1.55. The van der Waals surface area contributed by atoms with E-state index in [0.717, 1.165) is 11.3 Å². The molecular formula is C20H21NO4. The van der Waals surface area contributed by atoms with E-state index in [9.17, 15) is 9.59 Å². The molecule has 2 aromatic rings. The topological polar surface area (TPSA) is 55.8 Å². The van der Waals surface area contributed by atoms with Crippen LogP contribution in [0, 0.1) is 0 Å². The van der Waals surface area contributed by atoms with E-state index in [2.05, 4.69) is 0 Å². The highest BCUT2D eigenvalue weighted by Crippen LogP contribution is 2.36. The average molecular weight is 339 g/mol. The first kappa shape index (κ1) is 17.0. The molecule has 130 valence electrons. The van der Waals surface area contributed by atoms with Crippen molar-refractivity contribution in [3.05, 3.63) is 53.6 Å². The summed E-state index contributed by atoms with van der Waals surface area (Å²) in [6, 6.07) is 12.8. The highest BCUT2D eigenvalue weighted by molar-refractivity contribution is 6.10. The van der Waals surface area contributed by atoms with Crippen molar-refractivity contribution in [2.75, 3.05) is 25.2 Å². The van der Waals surface area contributed by atoms with Gasteiger partial charge in [0.25, 0.3) is 0 Å². The Morgan fingerprint density at radius 2 is 1.92 bits per heavy atom. The maximum Gasteiger partial charge on any atom is 0.231 e. The molecule has 5 nitrogen and oxygen atoms in total. The minimum absolute atomic E-state index is 0.0408. The fourth-order valence-electron chi connectivity index (χ4n) is 3.04. The number of methoxy groups -OCH3 is 1. The van der Waals surface area contributed by atoms with Crippen LogP contribution in [0.5, 0.6) is 11.5 Å². The Morgan fingerprint density at radius 1 is 1.16 bits per heavy atom. The summed E-state index contributed by atoms with van der Waals surface area (Å²) in [5.74, 6) is 1.32. The summed E-state index contributed by atoms with van der Waals surface area (Å²) >= 11 is 0. The number of amides is 1. The van der Waals surface area contributed by atoms with Gasteiger partial charge in [0.15, 0.2) is 5.78 Å². The molecule has 0 bridgehead atoms. The Hall–Kier alpha value is -2.82. The molecule has 1 heterocycles. The molecule has 25 heavy (non-hydrogen) atoms. The lowest BCUT2D eigenvalue weighted by Gasteiger charge is -2.30. The summed E-state index contributed by atoms with van der Waals surface area (Å²) in [5, 5.41) is 0. The third-order valence-electron chi connectivity index (χ3n) is 4.24. The number of Topliss-reactive ketones (excluding diaryl/α,β-unsaturated/α-hetero) is 1. The van der Waals surface area contributed by atoms with Crippen LogP contribution in [0.3, 0.4) is 0 Å². The second-order valence-corrected chi connectivity index (χ2v) is 5.83. The second kappa shape index (κ2) is 7.38. The summed E-state index contributed by atoms with van der Waals surface area (Å²) in [6.45, 7) is 2.92. The van der Waals surface area contributed by atoms with E-state index in [1.807, 2.05) is 31.2 Å². The maximum absolute atomic E-state index is 12.8. The molecule has 0 saturated heterocycles. The highest BCUT2D eigenvalue weighted by Gasteiger charge is 2.30. The number of hydrogen-bond donors (Lipinski definition) is 0. The van der Waals surface area contributed by atoms with Gasteiger partial charge in [0.05, 0.1) is 25.8 Å². The van der Waals surface area contributed by atoms with Crippen molar-refractivity contribution in [2.24, 2.45) is 0 Å². The van der Waals surface area contributed by atoms with Gasteiger partial charge in [-0.2, -0.15) is 0 Å². The lowest BCUT2D eigenvalue weighted by Crippen LogP contribution is -2.38. The number of ether oxygens (including phenoxy) is 2. The molecule has 1 aliphatic heterocycles. The molecule has 0 fully saturated rings. The zero-order valence-electron chi connectivity index (χ0n) is 14.5. The van der Waals surface area contributed by atoms with Gasteiger partial charge < -0.3 is 14.4 Å². The van der Waals surface area contributed by atoms with E-state index in [-0.39, 0.29) is 18.1 Å². The number of ketones is 1. The first-order chi connectivity index (χ1) is 12.1. The molecule has 2 aromatic carbocycles. The Balaban J connectivity index is 1.84. The van der Waals surface area contributed by atoms with Crippen molar-refractivity contribution in [1.82, 2.24) is 0 Å². The molecule has 0 aliphatic carbocycles. The molecule has 0 radical (unpaired) electrons. The zero-order chi connectivity index (χ0) is 17.8. The van der Waals surface area contributed by atoms with Gasteiger partial charge in [-0.3, -0.25) is 9.59 Å². The van der Waals surface area contributed by atoms with E-state index in [1.165, 1.54) is 0 Å². The van der Waals surface area contributed by atoms with E-state index in [4.69, 9.17) is 9.47 Å². The summed E-state index contributed by atoms with van der Waals surface area (Å²) in [4.78, 5) is 26.7. The molecule has 1 amide bonds. The van der Waals surface area contributed by atoms with Gasteiger partial charge in [-0.15, -0.1) is 0 Å². The van der Waals surface area contributed by atoms with Crippen molar-refractivity contribution >= 4 is 17.4 Å². The molecule has 0 unspecified atom stereocenters. The number of benzene rings is 2. The normalized spacial score (nSPS) is 13.4. The number of nitrogens with zero attached hydrogens (tertiary/aromatic N) is 1. The minimum atomic E-state index is -0.0533. The van der Waals surface area contributed by atoms with Crippen LogP contribution >= 0.6 is 0 Å². The van der Waals surface area contributed by atoms with Gasteiger partial charge in [0.2, 0.25) is 5.91 Å². The van der Waals surface area contributed by atoms with Crippen molar-refractivity contribution in [3.8, 4) is 11.5 Å². The number of carbonyl (C=O) groups excluding carboxylic acids is 2. The van der Waals surface area contributed by atoms with Gasteiger partial charge in [-0.05, 0) is 36.8 Å². The maximum atomic E-state index is 12.8. The Morgan fingerprint density at radius 3 is 2.60 bits per heavy atom. The van der Waals surface area contributed by atoms with Gasteiger partial charge in [0.1, 0.15) is 11.5 Å². The van der Waals surface area contributed by atoms with Crippen LogP contribution in [-0.2, 0) is 11.2 Å². The molecule has 0 N–H and O–H groups in total. The van der Waals surface area contributed by atoms with Gasteiger partial charge in [0, 0.05) is 18.5 Å². The Bertz CT molecular complexity index is 783. The number of carbonyl (C=O) groups is 2. The number of anilines is 1. The first-order valence-electron chi connectivity index (χ1n) is 8.36. The average Bonchev–Trinajstić information content (AvgIpc) is 2.63. The van der Waals surface area contributed by atoms with Crippen molar-refractivity contribution in [1.29, 1.82) is 0 Å². The van der Waals surface area contributed by atoms with Crippen LogP contribution in [0.25, 0.3) is 0 Å². The van der Waals surface area contributed by atoms with E-state index < -0.39 is 0 Å². The quantitative estimate of drug-likeness (QED) is 0.839. The summed E-state index contributed by atoms with van der Waals surface area (Å²) < 4.78 is 10.8. The van der Waals surface area contributed by atoms with Gasteiger partial charge in [-0.25, -0.2) is 0 Å². The van der Waals surface area contributed by atoms with Crippen LogP contribution in [0.15, 0.2) is 42.5 Å². The largest absolute Gasteiger partial charge is 0.495 e. The molecule has 0 saturated carbocycles. The lowest BCUT2D eigenvalue weighted by molar-refractivity contribution is -0.118. The zero-order valence-corrected chi connectivity index (χ0v) is 14.5. The molecule has 1 aliphatic rings. The molecule has 0 spiro atoms. The van der Waals surface area contributed by atoms with Crippen molar-refractivity contribution < 1.29 is 19.1 Å². The molecule has 0 atom stereocenters. The summed E-state index contributed by atoms with van der Waals surface area (Å²) in [6.07, 6.45) is 0.591. The molecular weight excluding hydrogens is 318 g/mol. The number of rotatable bonds is 5. The van der Waals surface area contributed by atoms with Gasteiger partial charge in [-0.1, -0.05) is 18.2 Å². The van der Waals surface area contributed by atoms with E-state index >= 15 is 0 Å². The van der Waals surface area contributed by atoms with Crippen molar-refractivity contribution in [3.63, 3.8) is 0 Å². The van der Waals surface area contributed by atoms with Crippen molar-refractivity contribution in [2.45, 2.75) is 19.8 Å². The van der Waals surface area contributed by atoms with Crippen LogP contribution in [-0.4, -0.2) is 32.0 Å². The van der Waals surface area contributed by atoms with Gasteiger partial charge >= 0.3 is 0 Å². The van der Waals surface area contributed by atoms with Crippen LogP contribution in [0.2, 0.25) is 0 Å². The third kappa shape index (κ3) is 3.50. The van der Waals surface area contributed by atoms with Crippen LogP contribution in [0.1, 0.15) is 29.3 Å². The molecule has 0 aromatic heterocycles. The number of fused-ring (bicyclic) bond motifs is 1. The second-order valence-electron chi connectivity index (χ2n) is 5.83. The van der Waals surface area contributed by atoms with E-state index in [1.54, 1.807) is 30.2 Å². The summed E-state index contributed by atoms with van der Waals surface area (Å²) in [5.41, 5.74) is 2.03. The van der Waals surface area contributed by atoms with Crippen LogP contribution < -0.4 is 14.4 Å². The van der Waals surface area contributed by atoms with Crippen LogP contribution in [0.4, 0.5) is 5.69 Å². The smallest absolute Gasteiger partial charge is 0.231 e. The standard InChI is InChI=1S/C20H21NO4/c1-3-25-15-9-7-14(8-10-15)13-19(23)21-12-11-17(22)16-5-4-6-18(24-2)20(16)21/h4-10H,3,11-13H2,1-2H3. The highest BCUT2D eigenvalue weighted by atomic mass is 16.5. The number of para-hydroxylation sites is 1. The third-order valence-corrected chi connectivity index (χ3v) is 4.24.